The largest absolute Gasteiger partial charge is 0.409 e. The van der Waals surface area contributed by atoms with Gasteiger partial charge in [-0.3, -0.25) is 4.79 Å². The predicted octanol–water partition coefficient (Wildman–Crippen LogP) is 2.37. The number of nitrogens with two attached hydrogens (primary N) is 1. The van der Waals surface area contributed by atoms with E-state index >= 15 is 0 Å². The predicted molar refractivity (Wildman–Crippen MR) is 77.9 cm³/mol. The first-order valence-electron chi connectivity index (χ1n) is 6.21. The normalized spacial score (nSPS) is 11.2. The van der Waals surface area contributed by atoms with Crippen LogP contribution in [0.25, 0.3) is 0 Å². The molecule has 0 saturated heterocycles. The number of anilines is 1. The lowest BCUT2D eigenvalue weighted by molar-refractivity contribution is 0.102. The Balaban J connectivity index is 2.07. The zero-order valence-electron chi connectivity index (χ0n) is 11.1. The number of nitrogens with zero attached hydrogens (tertiary/aromatic N) is 1. The van der Waals surface area contributed by atoms with Crippen LogP contribution in [-0.4, -0.2) is 17.0 Å². The molecule has 21 heavy (non-hydrogen) atoms. The maximum Gasteiger partial charge on any atom is 0.258 e. The number of hydrogen-bond donors (Lipinski definition) is 3. The summed E-state index contributed by atoms with van der Waals surface area (Å²) in [7, 11) is 0. The first kappa shape index (κ1) is 14.5. The van der Waals surface area contributed by atoms with Crippen molar-refractivity contribution in [2.75, 3.05) is 5.32 Å². The van der Waals surface area contributed by atoms with Crippen LogP contribution in [0.5, 0.6) is 0 Å². The maximum absolute atomic E-state index is 13.5. The molecule has 5 nitrogen and oxygen atoms in total. The quantitative estimate of drug-likeness (QED) is 0.349. The number of carbonyl (C=O) groups is 1. The standard InChI is InChI=1S/C15H14FN3O2/c16-13-4-2-1-3-12(13)15(20)18-11-7-5-10(6-8-11)9-14(17)19-21/h1-8,21H,9H2,(H2,17,19)(H,18,20). The van der Waals surface area contributed by atoms with Crippen LogP contribution in [0.4, 0.5) is 10.1 Å². The van der Waals surface area contributed by atoms with E-state index in [2.05, 4.69) is 10.5 Å². The molecule has 0 atom stereocenters. The molecule has 0 fully saturated rings. The van der Waals surface area contributed by atoms with E-state index in [-0.39, 0.29) is 11.4 Å². The van der Waals surface area contributed by atoms with Gasteiger partial charge in [0, 0.05) is 12.1 Å². The van der Waals surface area contributed by atoms with Gasteiger partial charge in [0.05, 0.1) is 5.56 Å². The molecule has 0 saturated carbocycles. The van der Waals surface area contributed by atoms with Crippen LogP contribution >= 0.6 is 0 Å². The third-order valence-electron chi connectivity index (χ3n) is 2.84. The fraction of sp³-hybridized carbons (Fsp3) is 0.0667. The molecule has 0 aliphatic rings. The minimum atomic E-state index is -0.571. The van der Waals surface area contributed by atoms with E-state index in [1.807, 2.05) is 0 Å². The second-order valence-corrected chi connectivity index (χ2v) is 4.40. The molecule has 0 heterocycles. The molecule has 0 aliphatic carbocycles. The Morgan fingerprint density at radius 2 is 1.86 bits per heavy atom. The van der Waals surface area contributed by atoms with Crippen LogP contribution in [0.15, 0.2) is 53.7 Å². The minimum Gasteiger partial charge on any atom is -0.409 e. The summed E-state index contributed by atoms with van der Waals surface area (Å²) in [6.07, 6.45) is 0.304. The Kier molecular flexibility index (Phi) is 4.50. The van der Waals surface area contributed by atoms with Gasteiger partial charge in [0.15, 0.2) is 0 Å². The highest BCUT2D eigenvalue weighted by atomic mass is 19.1. The van der Waals surface area contributed by atoms with Crippen molar-refractivity contribution in [1.82, 2.24) is 0 Å². The third kappa shape index (κ3) is 3.79. The van der Waals surface area contributed by atoms with Crippen molar-refractivity contribution < 1.29 is 14.4 Å². The maximum atomic E-state index is 13.5. The lowest BCUT2D eigenvalue weighted by Crippen LogP contribution is -2.15. The second kappa shape index (κ2) is 6.51. The summed E-state index contributed by atoms with van der Waals surface area (Å²) in [4.78, 5) is 11.9. The number of rotatable bonds is 4. The van der Waals surface area contributed by atoms with Gasteiger partial charge in [-0.25, -0.2) is 4.39 Å². The molecular formula is C15H14FN3O2. The van der Waals surface area contributed by atoms with Crippen LogP contribution in [0, 0.1) is 5.82 Å². The van der Waals surface area contributed by atoms with E-state index in [4.69, 9.17) is 10.9 Å². The van der Waals surface area contributed by atoms with Crippen molar-refractivity contribution in [3.05, 3.63) is 65.5 Å². The van der Waals surface area contributed by atoms with Crippen molar-refractivity contribution in [3.8, 4) is 0 Å². The molecule has 1 amide bonds. The summed E-state index contributed by atoms with van der Waals surface area (Å²) in [5, 5.41) is 14.0. The first-order chi connectivity index (χ1) is 10.1. The lowest BCUT2D eigenvalue weighted by Gasteiger charge is -2.07. The van der Waals surface area contributed by atoms with Crippen LogP contribution in [-0.2, 0) is 6.42 Å². The van der Waals surface area contributed by atoms with E-state index in [0.29, 0.717) is 12.1 Å². The topological polar surface area (TPSA) is 87.7 Å². The van der Waals surface area contributed by atoms with E-state index in [9.17, 15) is 9.18 Å². The summed E-state index contributed by atoms with van der Waals surface area (Å²) in [6, 6.07) is 12.6. The van der Waals surface area contributed by atoms with Crippen LogP contribution in [0.2, 0.25) is 0 Å². The molecule has 4 N–H and O–H groups in total. The zero-order valence-corrected chi connectivity index (χ0v) is 11.1. The highest BCUT2D eigenvalue weighted by Gasteiger charge is 2.10. The van der Waals surface area contributed by atoms with Gasteiger partial charge in [-0.15, -0.1) is 0 Å². The number of halogens is 1. The molecule has 2 aromatic rings. The Morgan fingerprint density at radius 1 is 1.19 bits per heavy atom. The molecule has 6 heteroatoms. The van der Waals surface area contributed by atoms with E-state index < -0.39 is 11.7 Å². The third-order valence-corrected chi connectivity index (χ3v) is 2.84. The average Bonchev–Trinajstić information content (AvgIpc) is 2.49. The minimum absolute atomic E-state index is 0.0155. The van der Waals surface area contributed by atoms with Gasteiger partial charge in [-0.1, -0.05) is 29.4 Å². The highest BCUT2D eigenvalue weighted by Crippen LogP contribution is 2.13. The van der Waals surface area contributed by atoms with Crippen LogP contribution < -0.4 is 11.1 Å². The number of amides is 1. The number of benzene rings is 2. The smallest absolute Gasteiger partial charge is 0.258 e. The molecular weight excluding hydrogens is 273 g/mol. The van der Waals surface area contributed by atoms with Gasteiger partial charge in [0.1, 0.15) is 11.7 Å². The van der Waals surface area contributed by atoms with Crippen molar-refractivity contribution in [2.24, 2.45) is 10.9 Å². The molecule has 0 radical (unpaired) electrons. The fourth-order valence-corrected chi connectivity index (χ4v) is 1.79. The molecule has 2 aromatic carbocycles. The van der Waals surface area contributed by atoms with Gasteiger partial charge in [-0.05, 0) is 29.8 Å². The van der Waals surface area contributed by atoms with E-state index in [1.165, 1.54) is 18.2 Å². The molecule has 0 aromatic heterocycles. The Bertz CT molecular complexity index is 669. The average molecular weight is 287 g/mol. The molecule has 0 aliphatic heterocycles. The van der Waals surface area contributed by atoms with Gasteiger partial charge < -0.3 is 16.3 Å². The van der Waals surface area contributed by atoms with Crippen molar-refractivity contribution >= 4 is 17.4 Å². The Labute approximate surface area is 120 Å². The van der Waals surface area contributed by atoms with Crippen LogP contribution in [0.1, 0.15) is 15.9 Å². The van der Waals surface area contributed by atoms with Crippen molar-refractivity contribution in [2.45, 2.75) is 6.42 Å². The number of amidine groups is 1. The summed E-state index contributed by atoms with van der Waals surface area (Å²) in [6.45, 7) is 0. The lowest BCUT2D eigenvalue weighted by atomic mass is 10.1. The number of hydrogen-bond acceptors (Lipinski definition) is 3. The monoisotopic (exact) mass is 287 g/mol. The van der Waals surface area contributed by atoms with Gasteiger partial charge in [0.25, 0.3) is 5.91 Å². The molecule has 0 unspecified atom stereocenters. The molecule has 2 rings (SSSR count). The Morgan fingerprint density at radius 3 is 2.48 bits per heavy atom. The summed E-state index contributed by atoms with van der Waals surface area (Å²) < 4.78 is 13.5. The number of carbonyl (C=O) groups excluding carboxylic acids is 1. The summed E-state index contributed by atoms with van der Waals surface area (Å²) in [5.74, 6) is -0.992. The van der Waals surface area contributed by atoms with Crippen molar-refractivity contribution in [1.29, 1.82) is 0 Å². The zero-order chi connectivity index (χ0) is 15.2. The summed E-state index contributed by atoms with van der Waals surface area (Å²) >= 11 is 0. The molecule has 0 bridgehead atoms. The van der Waals surface area contributed by atoms with Gasteiger partial charge in [-0.2, -0.15) is 0 Å². The highest BCUT2D eigenvalue weighted by molar-refractivity contribution is 6.04. The number of oxime groups is 1. The van der Waals surface area contributed by atoms with Gasteiger partial charge >= 0.3 is 0 Å². The van der Waals surface area contributed by atoms with Gasteiger partial charge in [0.2, 0.25) is 0 Å². The molecule has 108 valence electrons. The fourth-order valence-electron chi connectivity index (χ4n) is 1.79. The first-order valence-corrected chi connectivity index (χ1v) is 6.21. The van der Waals surface area contributed by atoms with E-state index in [1.54, 1.807) is 30.3 Å². The van der Waals surface area contributed by atoms with Crippen LogP contribution in [0.3, 0.4) is 0 Å². The second-order valence-electron chi connectivity index (χ2n) is 4.40. The Hall–Kier alpha value is -2.89. The SMILES string of the molecule is NC(Cc1ccc(NC(=O)c2ccccc2F)cc1)=NO. The van der Waals surface area contributed by atoms with Crippen molar-refractivity contribution in [3.63, 3.8) is 0 Å². The summed E-state index contributed by atoms with van der Waals surface area (Å²) in [5.41, 5.74) is 6.75. The van der Waals surface area contributed by atoms with E-state index in [0.717, 1.165) is 5.56 Å². The number of nitrogens with one attached hydrogen (secondary N) is 1. The molecule has 0 spiro atoms.